The number of imidazole rings is 1. The molecule has 0 saturated heterocycles. The third-order valence-electron chi connectivity index (χ3n) is 4.81. The Bertz CT molecular complexity index is 684. The maximum atomic E-state index is 12.2. The molecule has 1 saturated carbocycles. The van der Waals surface area contributed by atoms with Gasteiger partial charge < -0.3 is 9.88 Å². The first-order valence-electron chi connectivity index (χ1n) is 8.88. The lowest BCUT2D eigenvalue weighted by atomic mass is 9.95. The molecule has 0 bridgehead atoms. The summed E-state index contributed by atoms with van der Waals surface area (Å²) >= 11 is 0. The van der Waals surface area contributed by atoms with Gasteiger partial charge in [-0.2, -0.15) is 0 Å². The Labute approximate surface area is 143 Å². The van der Waals surface area contributed by atoms with Gasteiger partial charge in [-0.15, -0.1) is 0 Å². The molecule has 128 valence electrons. The smallest absolute Gasteiger partial charge is 0.252 e. The first-order chi connectivity index (χ1) is 11.6. The first-order valence-corrected chi connectivity index (χ1v) is 8.88. The van der Waals surface area contributed by atoms with Crippen LogP contribution in [0.2, 0.25) is 0 Å². The van der Waals surface area contributed by atoms with E-state index < -0.39 is 0 Å². The fourth-order valence-electron chi connectivity index (χ4n) is 3.51. The van der Waals surface area contributed by atoms with Gasteiger partial charge in [-0.3, -0.25) is 9.78 Å². The number of hydrogen-bond acceptors (Lipinski definition) is 3. The second kappa shape index (κ2) is 7.60. The molecular formula is C19H26N4O. The number of nitrogens with one attached hydrogen (secondary N) is 1. The Morgan fingerprint density at radius 3 is 2.67 bits per heavy atom. The molecule has 2 aromatic heterocycles. The summed E-state index contributed by atoms with van der Waals surface area (Å²) in [5.41, 5.74) is 2.75. The van der Waals surface area contributed by atoms with Gasteiger partial charge in [-0.25, -0.2) is 4.98 Å². The van der Waals surface area contributed by atoms with Crippen LogP contribution in [0.1, 0.15) is 65.7 Å². The molecule has 0 unspecified atom stereocenters. The van der Waals surface area contributed by atoms with Crippen molar-refractivity contribution in [1.29, 1.82) is 0 Å². The molecule has 5 nitrogen and oxygen atoms in total. The van der Waals surface area contributed by atoms with E-state index in [-0.39, 0.29) is 5.91 Å². The Morgan fingerprint density at radius 1 is 1.17 bits per heavy atom. The first kappa shape index (κ1) is 16.7. The number of carbonyl (C=O) groups excluding carboxylic acids is 1. The number of nitrogens with zero attached hydrogens (tertiary/aromatic N) is 3. The van der Waals surface area contributed by atoms with E-state index in [2.05, 4.69) is 26.8 Å². The number of rotatable bonds is 5. The van der Waals surface area contributed by atoms with Crippen molar-refractivity contribution in [2.75, 3.05) is 6.54 Å². The van der Waals surface area contributed by atoms with Crippen LogP contribution in [0.25, 0.3) is 0 Å². The Balaban J connectivity index is 1.59. The maximum Gasteiger partial charge on any atom is 0.252 e. The Kier molecular flexibility index (Phi) is 5.28. The molecule has 1 aliphatic carbocycles. The largest absolute Gasteiger partial charge is 0.352 e. The summed E-state index contributed by atoms with van der Waals surface area (Å²) in [7, 11) is 0. The maximum absolute atomic E-state index is 12.2. The zero-order valence-electron chi connectivity index (χ0n) is 14.6. The number of hydrogen-bond donors (Lipinski definition) is 1. The number of carbonyl (C=O) groups is 1. The molecule has 1 amide bonds. The van der Waals surface area contributed by atoms with Crippen molar-refractivity contribution >= 4 is 5.91 Å². The van der Waals surface area contributed by atoms with Crippen molar-refractivity contribution in [2.24, 2.45) is 0 Å². The molecule has 24 heavy (non-hydrogen) atoms. The van der Waals surface area contributed by atoms with Gasteiger partial charge in [0.2, 0.25) is 0 Å². The summed E-state index contributed by atoms with van der Waals surface area (Å²) in [5.74, 6) is 1.01. The van der Waals surface area contributed by atoms with E-state index in [0.717, 1.165) is 17.9 Å². The highest BCUT2D eigenvalue weighted by Crippen LogP contribution is 2.30. The molecule has 0 atom stereocenters. The zero-order valence-corrected chi connectivity index (χ0v) is 14.6. The predicted octanol–water partition coefficient (Wildman–Crippen LogP) is 3.37. The minimum atomic E-state index is -0.0741. The fourth-order valence-corrected chi connectivity index (χ4v) is 3.51. The SMILES string of the molecule is Cc1ccc(C(=O)NCCc2ncc(C)n2C2CCCCC2)cn1. The monoisotopic (exact) mass is 326 g/mol. The minimum Gasteiger partial charge on any atom is -0.352 e. The topological polar surface area (TPSA) is 59.8 Å². The summed E-state index contributed by atoms with van der Waals surface area (Å²) in [6, 6.07) is 4.24. The van der Waals surface area contributed by atoms with Crippen molar-refractivity contribution in [3.8, 4) is 0 Å². The van der Waals surface area contributed by atoms with Gasteiger partial charge in [-0.05, 0) is 38.8 Å². The van der Waals surface area contributed by atoms with Crippen LogP contribution in [0, 0.1) is 13.8 Å². The van der Waals surface area contributed by atoms with Crippen LogP contribution in [0.4, 0.5) is 0 Å². The minimum absolute atomic E-state index is 0.0741. The van der Waals surface area contributed by atoms with Gasteiger partial charge in [-0.1, -0.05) is 19.3 Å². The van der Waals surface area contributed by atoms with E-state index in [9.17, 15) is 4.79 Å². The van der Waals surface area contributed by atoms with Crippen molar-refractivity contribution in [1.82, 2.24) is 19.9 Å². The lowest BCUT2D eigenvalue weighted by Crippen LogP contribution is -2.27. The summed E-state index contributed by atoms with van der Waals surface area (Å²) in [6.45, 7) is 4.63. The average Bonchev–Trinajstić information content (AvgIpc) is 2.97. The van der Waals surface area contributed by atoms with E-state index in [0.29, 0.717) is 18.2 Å². The molecule has 2 heterocycles. The van der Waals surface area contributed by atoms with Crippen LogP contribution in [-0.2, 0) is 6.42 Å². The van der Waals surface area contributed by atoms with Gasteiger partial charge in [0.15, 0.2) is 0 Å². The highest BCUT2D eigenvalue weighted by atomic mass is 16.1. The average molecular weight is 326 g/mol. The van der Waals surface area contributed by atoms with Gasteiger partial charge in [0.1, 0.15) is 5.82 Å². The van der Waals surface area contributed by atoms with Crippen LogP contribution in [0.3, 0.4) is 0 Å². The Hall–Kier alpha value is -2.17. The van der Waals surface area contributed by atoms with Crippen LogP contribution in [0.15, 0.2) is 24.5 Å². The molecule has 2 aromatic rings. The predicted molar refractivity (Wildman–Crippen MR) is 94.1 cm³/mol. The van der Waals surface area contributed by atoms with Crippen molar-refractivity contribution in [2.45, 2.75) is 58.4 Å². The van der Waals surface area contributed by atoms with Gasteiger partial charge in [0, 0.05) is 42.8 Å². The normalized spacial score (nSPS) is 15.4. The number of aryl methyl sites for hydroxylation is 2. The van der Waals surface area contributed by atoms with E-state index in [1.165, 1.54) is 37.8 Å². The van der Waals surface area contributed by atoms with E-state index in [1.807, 2.05) is 25.3 Å². The lowest BCUT2D eigenvalue weighted by Gasteiger charge is -2.26. The molecule has 0 radical (unpaired) electrons. The molecule has 0 aliphatic heterocycles. The molecule has 1 N–H and O–H groups in total. The Morgan fingerprint density at radius 2 is 1.96 bits per heavy atom. The van der Waals surface area contributed by atoms with Crippen molar-refractivity contribution in [3.63, 3.8) is 0 Å². The fraction of sp³-hybridized carbons (Fsp3) is 0.526. The van der Waals surface area contributed by atoms with Gasteiger partial charge >= 0.3 is 0 Å². The number of pyridine rings is 1. The quantitative estimate of drug-likeness (QED) is 0.916. The lowest BCUT2D eigenvalue weighted by molar-refractivity contribution is 0.0953. The van der Waals surface area contributed by atoms with E-state index in [4.69, 9.17) is 0 Å². The van der Waals surface area contributed by atoms with Crippen molar-refractivity contribution in [3.05, 3.63) is 47.3 Å². The summed E-state index contributed by atoms with van der Waals surface area (Å²) < 4.78 is 2.39. The highest BCUT2D eigenvalue weighted by molar-refractivity contribution is 5.93. The van der Waals surface area contributed by atoms with E-state index >= 15 is 0 Å². The third kappa shape index (κ3) is 3.83. The highest BCUT2D eigenvalue weighted by Gasteiger charge is 2.19. The number of amides is 1. The zero-order chi connectivity index (χ0) is 16.9. The molecular weight excluding hydrogens is 300 g/mol. The molecule has 5 heteroatoms. The second-order valence-corrected chi connectivity index (χ2v) is 6.67. The summed E-state index contributed by atoms with van der Waals surface area (Å²) in [6.07, 6.45) is 10.8. The molecule has 0 aromatic carbocycles. The van der Waals surface area contributed by atoms with Crippen LogP contribution in [0.5, 0.6) is 0 Å². The molecule has 1 fully saturated rings. The van der Waals surface area contributed by atoms with E-state index in [1.54, 1.807) is 6.20 Å². The number of aromatic nitrogens is 3. The van der Waals surface area contributed by atoms with Crippen LogP contribution in [-0.4, -0.2) is 27.0 Å². The van der Waals surface area contributed by atoms with Crippen LogP contribution < -0.4 is 5.32 Å². The second-order valence-electron chi connectivity index (χ2n) is 6.67. The van der Waals surface area contributed by atoms with Crippen LogP contribution >= 0.6 is 0 Å². The standard InChI is InChI=1S/C19H26N4O/c1-14-8-9-16(13-21-14)19(24)20-11-10-18-22-12-15(2)23(18)17-6-4-3-5-7-17/h8-9,12-13,17H,3-7,10-11H2,1-2H3,(H,20,24). The summed E-state index contributed by atoms with van der Waals surface area (Å²) in [5, 5.41) is 2.97. The summed E-state index contributed by atoms with van der Waals surface area (Å²) in [4.78, 5) is 20.9. The molecule has 0 spiro atoms. The van der Waals surface area contributed by atoms with Crippen molar-refractivity contribution < 1.29 is 4.79 Å². The van der Waals surface area contributed by atoms with Gasteiger partial charge in [0.25, 0.3) is 5.91 Å². The molecule has 1 aliphatic rings. The molecule has 3 rings (SSSR count). The third-order valence-corrected chi connectivity index (χ3v) is 4.81. The van der Waals surface area contributed by atoms with Gasteiger partial charge in [0.05, 0.1) is 5.56 Å².